The Morgan fingerprint density at radius 2 is 1.54 bits per heavy atom. The molecular formula is C21H21F3O4. The minimum Gasteiger partial charge on any atom is -0.476 e. The maximum atomic E-state index is 12.8. The van der Waals surface area contributed by atoms with Crippen LogP contribution in [0.2, 0.25) is 0 Å². The van der Waals surface area contributed by atoms with Gasteiger partial charge in [-0.15, -0.1) is 0 Å². The van der Waals surface area contributed by atoms with Crippen LogP contribution in [-0.2, 0) is 15.7 Å². The quantitative estimate of drug-likeness (QED) is 0.509. The van der Waals surface area contributed by atoms with Crippen LogP contribution in [0.4, 0.5) is 13.2 Å². The number of hydrogen-bond donors (Lipinski definition) is 0. The normalized spacial score (nSPS) is 12.0. The molecule has 2 rings (SSSR count). The van der Waals surface area contributed by atoms with Gasteiger partial charge in [0.25, 0.3) is 0 Å². The Kier molecular flexibility index (Phi) is 6.17. The molecule has 28 heavy (non-hydrogen) atoms. The van der Waals surface area contributed by atoms with Gasteiger partial charge < -0.3 is 9.47 Å². The van der Waals surface area contributed by atoms with Crippen LogP contribution in [0.3, 0.4) is 0 Å². The predicted molar refractivity (Wildman–Crippen MR) is 97.3 cm³/mol. The first-order valence-corrected chi connectivity index (χ1v) is 8.62. The van der Waals surface area contributed by atoms with E-state index in [0.29, 0.717) is 5.75 Å². The van der Waals surface area contributed by atoms with Gasteiger partial charge in [-0.05, 0) is 64.1 Å². The minimum atomic E-state index is -4.52. The maximum Gasteiger partial charge on any atom is 0.416 e. The van der Waals surface area contributed by atoms with E-state index in [1.54, 1.807) is 27.7 Å². The fourth-order valence-electron chi connectivity index (χ4n) is 2.37. The summed E-state index contributed by atoms with van der Waals surface area (Å²) in [4.78, 5) is 24.5. The fourth-order valence-corrected chi connectivity index (χ4v) is 2.37. The largest absolute Gasteiger partial charge is 0.476 e. The van der Waals surface area contributed by atoms with Gasteiger partial charge in [-0.3, -0.25) is 4.79 Å². The summed E-state index contributed by atoms with van der Waals surface area (Å²) < 4.78 is 49.2. The Hall–Kier alpha value is -2.83. The molecule has 0 unspecified atom stereocenters. The maximum absolute atomic E-state index is 12.8. The summed E-state index contributed by atoms with van der Waals surface area (Å²) in [6.07, 6.45) is -4.81. The lowest BCUT2D eigenvalue weighted by atomic mass is 10.0. The second-order valence-electron chi connectivity index (χ2n) is 7.00. The number of halogens is 3. The molecular weight excluding hydrogens is 373 g/mol. The standard InChI is InChI=1S/C21H21F3O4/c1-13(2)27-19(26)20(3,4)28-17-10-8-14(9-11-17)18(25)15-6-5-7-16(12-15)21(22,23)24/h5-13H,1-4H3. The Morgan fingerprint density at radius 1 is 0.929 bits per heavy atom. The van der Waals surface area contributed by atoms with Crippen LogP contribution in [0, 0.1) is 0 Å². The highest BCUT2D eigenvalue weighted by Crippen LogP contribution is 2.30. The van der Waals surface area contributed by atoms with Crippen molar-refractivity contribution in [3.8, 4) is 5.75 Å². The highest BCUT2D eigenvalue weighted by atomic mass is 19.4. The lowest BCUT2D eigenvalue weighted by molar-refractivity contribution is -0.163. The summed E-state index contributed by atoms with van der Waals surface area (Å²) in [6.45, 7) is 6.56. The third-order valence-corrected chi connectivity index (χ3v) is 3.78. The molecule has 4 nitrogen and oxygen atoms in total. The summed E-state index contributed by atoms with van der Waals surface area (Å²) in [5.74, 6) is -0.756. The third kappa shape index (κ3) is 5.34. The fraction of sp³-hybridized carbons (Fsp3) is 0.333. The number of ether oxygens (including phenoxy) is 2. The van der Waals surface area contributed by atoms with Crippen molar-refractivity contribution >= 4 is 11.8 Å². The number of carbonyl (C=O) groups is 2. The van der Waals surface area contributed by atoms with Gasteiger partial charge in [0, 0.05) is 11.1 Å². The van der Waals surface area contributed by atoms with Crippen molar-refractivity contribution in [1.29, 1.82) is 0 Å². The first kappa shape index (κ1) is 21.5. The first-order valence-electron chi connectivity index (χ1n) is 8.62. The monoisotopic (exact) mass is 394 g/mol. The second kappa shape index (κ2) is 8.04. The van der Waals surface area contributed by atoms with E-state index < -0.39 is 29.1 Å². The molecule has 0 N–H and O–H groups in total. The zero-order chi connectivity index (χ0) is 21.1. The Labute approximate surface area is 161 Å². The van der Waals surface area contributed by atoms with Crippen molar-refractivity contribution in [2.75, 3.05) is 0 Å². The molecule has 0 atom stereocenters. The Balaban J connectivity index is 2.16. The highest BCUT2D eigenvalue weighted by molar-refractivity contribution is 6.09. The molecule has 0 radical (unpaired) electrons. The van der Waals surface area contributed by atoms with Gasteiger partial charge in [0.1, 0.15) is 5.75 Å². The Morgan fingerprint density at radius 3 is 2.07 bits per heavy atom. The Bertz CT molecular complexity index is 853. The number of rotatable bonds is 6. The van der Waals surface area contributed by atoms with E-state index in [2.05, 4.69) is 0 Å². The van der Waals surface area contributed by atoms with Crippen LogP contribution in [0.15, 0.2) is 48.5 Å². The van der Waals surface area contributed by atoms with E-state index in [0.717, 1.165) is 12.1 Å². The van der Waals surface area contributed by atoms with Crippen LogP contribution < -0.4 is 4.74 Å². The molecule has 0 aromatic heterocycles. The smallest absolute Gasteiger partial charge is 0.416 e. The molecule has 0 saturated heterocycles. The van der Waals surface area contributed by atoms with Crippen molar-refractivity contribution in [1.82, 2.24) is 0 Å². The zero-order valence-electron chi connectivity index (χ0n) is 16.0. The van der Waals surface area contributed by atoms with Gasteiger partial charge in [-0.1, -0.05) is 12.1 Å². The van der Waals surface area contributed by atoms with Gasteiger partial charge in [0.05, 0.1) is 11.7 Å². The molecule has 150 valence electrons. The molecule has 2 aromatic rings. The lowest BCUT2D eigenvalue weighted by Gasteiger charge is -2.25. The molecule has 0 saturated carbocycles. The van der Waals surface area contributed by atoms with Crippen molar-refractivity contribution in [3.05, 3.63) is 65.2 Å². The van der Waals surface area contributed by atoms with E-state index in [4.69, 9.17) is 9.47 Å². The SMILES string of the molecule is CC(C)OC(=O)C(C)(C)Oc1ccc(C(=O)c2cccc(C(F)(F)F)c2)cc1. The van der Waals surface area contributed by atoms with Gasteiger partial charge in [0.15, 0.2) is 11.4 Å². The first-order chi connectivity index (χ1) is 12.9. The van der Waals surface area contributed by atoms with E-state index in [1.165, 1.54) is 36.4 Å². The van der Waals surface area contributed by atoms with Gasteiger partial charge in [-0.2, -0.15) is 13.2 Å². The molecule has 7 heteroatoms. The summed E-state index contributed by atoms with van der Waals surface area (Å²) in [6, 6.07) is 10.1. The summed E-state index contributed by atoms with van der Waals surface area (Å²) in [5, 5.41) is 0. The molecule has 0 amide bonds. The topological polar surface area (TPSA) is 52.6 Å². The number of hydrogen-bond acceptors (Lipinski definition) is 4. The van der Waals surface area contributed by atoms with Crippen LogP contribution in [-0.4, -0.2) is 23.5 Å². The van der Waals surface area contributed by atoms with Gasteiger partial charge >= 0.3 is 12.1 Å². The molecule has 0 heterocycles. The summed E-state index contributed by atoms with van der Waals surface area (Å²) >= 11 is 0. The predicted octanol–water partition coefficient (Wildman–Crippen LogP) is 5.05. The number of carbonyl (C=O) groups excluding carboxylic acids is 2. The molecule has 0 bridgehead atoms. The molecule has 0 aliphatic rings. The molecule has 0 aliphatic heterocycles. The molecule has 2 aromatic carbocycles. The second-order valence-corrected chi connectivity index (χ2v) is 7.00. The number of esters is 1. The van der Waals surface area contributed by atoms with Crippen molar-refractivity contribution in [2.45, 2.75) is 45.6 Å². The van der Waals surface area contributed by atoms with Crippen LogP contribution in [0.1, 0.15) is 49.2 Å². The highest BCUT2D eigenvalue weighted by Gasteiger charge is 2.33. The number of alkyl halides is 3. The van der Waals surface area contributed by atoms with E-state index in [1.807, 2.05) is 0 Å². The van der Waals surface area contributed by atoms with E-state index in [9.17, 15) is 22.8 Å². The van der Waals surface area contributed by atoms with Crippen molar-refractivity contribution in [2.24, 2.45) is 0 Å². The number of ketones is 1. The van der Waals surface area contributed by atoms with E-state index >= 15 is 0 Å². The van der Waals surface area contributed by atoms with Crippen molar-refractivity contribution < 1.29 is 32.2 Å². The third-order valence-electron chi connectivity index (χ3n) is 3.78. The summed E-state index contributed by atoms with van der Waals surface area (Å²) in [5.41, 5.74) is -1.99. The molecule has 0 aliphatic carbocycles. The summed E-state index contributed by atoms with van der Waals surface area (Å²) in [7, 11) is 0. The van der Waals surface area contributed by atoms with Crippen LogP contribution >= 0.6 is 0 Å². The van der Waals surface area contributed by atoms with Gasteiger partial charge in [-0.25, -0.2) is 4.79 Å². The van der Waals surface area contributed by atoms with E-state index in [-0.39, 0.29) is 17.2 Å². The molecule has 0 fully saturated rings. The van der Waals surface area contributed by atoms with Crippen LogP contribution in [0.25, 0.3) is 0 Å². The number of benzene rings is 2. The lowest BCUT2D eigenvalue weighted by Crippen LogP contribution is -2.40. The minimum absolute atomic E-state index is 0.0654. The zero-order valence-corrected chi connectivity index (χ0v) is 16.0. The van der Waals surface area contributed by atoms with Crippen molar-refractivity contribution in [3.63, 3.8) is 0 Å². The van der Waals surface area contributed by atoms with Crippen LogP contribution in [0.5, 0.6) is 5.75 Å². The van der Waals surface area contributed by atoms with Gasteiger partial charge in [0.2, 0.25) is 0 Å². The molecule has 0 spiro atoms. The average molecular weight is 394 g/mol. The average Bonchev–Trinajstić information content (AvgIpc) is 2.60.